The molecule has 5 nitrogen and oxygen atoms in total. The molecule has 3 rings (SSSR count). The molecule has 0 spiro atoms. The molecule has 0 radical (unpaired) electrons. The summed E-state index contributed by atoms with van der Waals surface area (Å²) in [5.41, 5.74) is 1.59. The Morgan fingerprint density at radius 1 is 1.21 bits per heavy atom. The number of anilines is 1. The number of thioether (sulfide) groups is 1. The fourth-order valence-electron chi connectivity index (χ4n) is 3.17. The van der Waals surface area contributed by atoms with Crippen LogP contribution in [0.4, 0.5) is 5.69 Å². The number of nitrogens with one attached hydrogen (secondary N) is 2. The first-order chi connectivity index (χ1) is 12.7. The molecule has 1 amide bonds. The van der Waals surface area contributed by atoms with Gasteiger partial charge in [-0.15, -0.1) is 36.6 Å². The number of carbonyl (C=O) groups is 1. The first kappa shape index (κ1) is 24.7. The van der Waals surface area contributed by atoms with Gasteiger partial charge in [0.25, 0.3) is 0 Å². The molecular formula is C20H27Cl2N3O2S. The van der Waals surface area contributed by atoms with Crippen molar-refractivity contribution >= 4 is 48.2 Å². The molecule has 1 aromatic carbocycles. The lowest BCUT2D eigenvalue weighted by Crippen LogP contribution is -2.47. The predicted octanol–water partition coefficient (Wildman–Crippen LogP) is 4.17. The highest BCUT2D eigenvalue weighted by atomic mass is 35.5. The van der Waals surface area contributed by atoms with Crippen LogP contribution < -0.4 is 10.6 Å². The highest BCUT2D eigenvalue weighted by molar-refractivity contribution is 7.98. The minimum absolute atomic E-state index is 0. The third-order valence-electron chi connectivity index (χ3n) is 4.70. The number of hydrogen-bond donors (Lipinski definition) is 2. The zero-order valence-corrected chi connectivity index (χ0v) is 18.3. The fourth-order valence-corrected chi connectivity index (χ4v) is 4.00. The average Bonchev–Trinajstić information content (AvgIpc) is 2.69. The van der Waals surface area contributed by atoms with Crippen LogP contribution in [0.5, 0.6) is 0 Å². The van der Waals surface area contributed by atoms with Gasteiger partial charge in [0.05, 0.1) is 12.0 Å². The minimum Gasteiger partial charge on any atom is -0.384 e. The monoisotopic (exact) mass is 443 g/mol. The fraction of sp³-hybridized carbons (Fsp3) is 0.400. The molecule has 2 N–H and O–H groups in total. The number of methoxy groups -OCH3 is 1. The maximum Gasteiger partial charge on any atom is 0.233 e. The Morgan fingerprint density at radius 3 is 2.54 bits per heavy atom. The summed E-state index contributed by atoms with van der Waals surface area (Å²) < 4.78 is 5.34. The zero-order valence-electron chi connectivity index (χ0n) is 15.8. The van der Waals surface area contributed by atoms with Gasteiger partial charge >= 0.3 is 0 Å². The lowest BCUT2D eigenvalue weighted by atomic mass is 9.78. The van der Waals surface area contributed by atoms with Crippen molar-refractivity contribution < 1.29 is 9.53 Å². The van der Waals surface area contributed by atoms with Crippen LogP contribution in [0.1, 0.15) is 18.4 Å². The summed E-state index contributed by atoms with van der Waals surface area (Å²) >= 11 is 1.76. The molecule has 0 unspecified atom stereocenters. The van der Waals surface area contributed by atoms with Crippen molar-refractivity contribution in [2.75, 3.05) is 32.1 Å². The molecule has 1 aliphatic heterocycles. The van der Waals surface area contributed by atoms with E-state index in [1.807, 2.05) is 36.5 Å². The first-order valence-corrected chi connectivity index (χ1v) is 9.83. The van der Waals surface area contributed by atoms with Gasteiger partial charge in [-0.3, -0.25) is 9.78 Å². The number of pyridine rings is 1. The number of carbonyl (C=O) groups excluding carboxylic acids is 1. The molecular weight excluding hydrogens is 417 g/mol. The second-order valence-electron chi connectivity index (χ2n) is 6.59. The summed E-state index contributed by atoms with van der Waals surface area (Å²) in [6.07, 6.45) is 5.26. The van der Waals surface area contributed by atoms with Crippen molar-refractivity contribution in [3.05, 3.63) is 54.4 Å². The second kappa shape index (κ2) is 12.3. The maximum absolute atomic E-state index is 12.8. The number of hydrogen-bond acceptors (Lipinski definition) is 5. The van der Waals surface area contributed by atoms with Crippen molar-refractivity contribution in [2.45, 2.75) is 23.5 Å². The molecule has 0 aliphatic carbocycles. The number of nitrogens with zero attached hydrogens (tertiary/aromatic N) is 1. The molecule has 0 atom stereocenters. The van der Waals surface area contributed by atoms with E-state index in [-0.39, 0.29) is 30.7 Å². The molecule has 154 valence electrons. The number of piperidine rings is 1. The number of aromatic nitrogens is 1. The molecule has 2 heterocycles. The number of rotatable bonds is 7. The van der Waals surface area contributed by atoms with Crippen molar-refractivity contribution in [1.29, 1.82) is 0 Å². The molecule has 2 aromatic rings. The number of amides is 1. The molecule has 1 saturated heterocycles. The Balaban J connectivity index is 0.00000196. The van der Waals surface area contributed by atoms with Gasteiger partial charge < -0.3 is 15.4 Å². The van der Waals surface area contributed by atoms with E-state index >= 15 is 0 Å². The third-order valence-corrected chi connectivity index (χ3v) is 5.79. The summed E-state index contributed by atoms with van der Waals surface area (Å²) in [4.78, 5) is 18.1. The van der Waals surface area contributed by atoms with Gasteiger partial charge in [0.2, 0.25) is 5.91 Å². The molecule has 1 fully saturated rings. The van der Waals surface area contributed by atoms with E-state index in [2.05, 4.69) is 21.7 Å². The standard InChI is InChI=1S/C20H25N3O2S.2ClH/c1-25-15-20(8-11-21-12-9-20)19(24)23-17-4-6-18(7-5-17)26-14-16-3-2-10-22-13-16;;/h2-7,10,13,21H,8-9,11-12,14-15H2,1H3,(H,23,24);2*1H. The Kier molecular flexibility index (Phi) is 10.9. The maximum atomic E-state index is 12.8. The largest absolute Gasteiger partial charge is 0.384 e. The summed E-state index contributed by atoms with van der Waals surface area (Å²) in [5.74, 6) is 0.931. The van der Waals surface area contributed by atoms with Crippen LogP contribution in [-0.2, 0) is 15.3 Å². The quantitative estimate of drug-likeness (QED) is 0.628. The molecule has 28 heavy (non-hydrogen) atoms. The van der Waals surface area contributed by atoms with Gasteiger partial charge in [0, 0.05) is 35.8 Å². The van der Waals surface area contributed by atoms with Crippen LogP contribution in [0.2, 0.25) is 0 Å². The smallest absolute Gasteiger partial charge is 0.233 e. The Morgan fingerprint density at radius 2 is 1.93 bits per heavy atom. The van der Waals surface area contributed by atoms with Crippen LogP contribution in [0.15, 0.2) is 53.7 Å². The average molecular weight is 444 g/mol. The summed E-state index contributed by atoms with van der Waals surface area (Å²) in [6.45, 7) is 2.15. The van der Waals surface area contributed by atoms with E-state index < -0.39 is 5.41 Å². The van der Waals surface area contributed by atoms with Crippen LogP contribution >= 0.6 is 36.6 Å². The van der Waals surface area contributed by atoms with Crippen molar-refractivity contribution in [3.8, 4) is 0 Å². The predicted molar refractivity (Wildman–Crippen MR) is 120 cm³/mol. The lowest BCUT2D eigenvalue weighted by Gasteiger charge is -2.35. The van der Waals surface area contributed by atoms with Gasteiger partial charge in [0.15, 0.2) is 0 Å². The Bertz CT molecular complexity index is 706. The normalized spacial score (nSPS) is 15.0. The summed E-state index contributed by atoms with van der Waals surface area (Å²) in [7, 11) is 1.66. The number of ether oxygens (including phenoxy) is 1. The number of halogens is 2. The number of benzene rings is 1. The van der Waals surface area contributed by atoms with E-state index in [0.29, 0.717) is 6.61 Å². The minimum atomic E-state index is -0.437. The summed E-state index contributed by atoms with van der Waals surface area (Å²) in [5, 5.41) is 6.38. The molecule has 0 saturated carbocycles. The van der Waals surface area contributed by atoms with Crippen LogP contribution in [0.3, 0.4) is 0 Å². The third kappa shape index (κ3) is 6.64. The van der Waals surface area contributed by atoms with Gasteiger partial charge in [-0.1, -0.05) is 6.07 Å². The van der Waals surface area contributed by atoms with Gasteiger partial charge in [0.1, 0.15) is 0 Å². The Hall–Kier alpha value is -1.31. The van der Waals surface area contributed by atoms with Gasteiger partial charge in [-0.2, -0.15) is 0 Å². The van der Waals surface area contributed by atoms with E-state index in [9.17, 15) is 4.79 Å². The lowest BCUT2D eigenvalue weighted by molar-refractivity contribution is -0.130. The highest BCUT2D eigenvalue weighted by Gasteiger charge is 2.39. The van der Waals surface area contributed by atoms with Crippen molar-refractivity contribution in [3.63, 3.8) is 0 Å². The van der Waals surface area contributed by atoms with Crippen molar-refractivity contribution in [2.24, 2.45) is 5.41 Å². The highest BCUT2D eigenvalue weighted by Crippen LogP contribution is 2.31. The molecule has 1 aromatic heterocycles. The van der Waals surface area contributed by atoms with E-state index in [1.54, 1.807) is 25.1 Å². The molecule has 0 bridgehead atoms. The first-order valence-electron chi connectivity index (χ1n) is 8.85. The SMILES string of the molecule is COCC1(C(=O)Nc2ccc(SCc3cccnc3)cc2)CCNCC1.Cl.Cl. The second-order valence-corrected chi connectivity index (χ2v) is 7.64. The summed E-state index contributed by atoms with van der Waals surface area (Å²) in [6, 6.07) is 12.0. The van der Waals surface area contributed by atoms with Crippen molar-refractivity contribution in [1.82, 2.24) is 10.3 Å². The van der Waals surface area contributed by atoms with E-state index in [4.69, 9.17) is 4.74 Å². The van der Waals surface area contributed by atoms with E-state index in [0.717, 1.165) is 37.4 Å². The Labute approximate surface area is 183 Å². The molecule has 8 heteroatoms. The van der Waals surface area contributed by atoms with Gasteiger partial charge in [-0.05, 0) is 61.8 Å². The van der Waals surface area contributed by atoms with Gasteiger partial charge in [-0.25, -0.2) is 0 Å². The molecule has 1 aliphatic rings. The zero-order chi connectivity index (χ0) is 18.2. The topological polar surface area (TPSA) is 63.2 Å². The van der Waals surface area contributed by atoms with Crippen LogP contribution in [0.25, 0.3) is 0 Å². The van der Waals surface area contributed by atoms with Crippen LogP contribution in [-0.4, -0.2) is 37.7 Å². The van der Waals surface area contributed by atoms with Crippen LogP contribution in [0, 0.1) is 5.41 Å². The van der Waals surface area contributed by atoms with E-state index in [1.165, 1.54) is 10.5 Å².